The standard InChI is InChI=1S/C12H20N2O2S/c1-5-14-12(11(16-4)6-13-14)10(15)8-17-7-9(2)3/h6,9H,5,7-8H2,1-4H3. The summed E-state index contributed by atoms with van der Waals surface area (Å²) < 4.78 is 6.85. The van der Waals surface area contributed by atoms with Gasteiger partial charge in [0, 0.05) is 6.54 Å². The van der Waals surface area contributed by atoms with Crippen molar-refractivity contribution >= 4 is 17.5 Å². The third-order valence-corrected chi connectivity index (χ3v) is 3.64. The number of hydrogen-bond donors (Lipinski definition) is 0. The van der Waals surface area contributed by atoms with Crippen molar-refractivity contribution in [2.45, 2.75) is 27.3 Å². The van der Waals surface area contributed by atoms with Crippen LogP contribution in [0.3, 0.4) is 0 Å². The summed E-state index contributed by atoms with van der Waals surface area (Å²) in [5.74, 6) is 2.74. The molecule has 5 heteroatoms. The first-order chi connectivity index (χ1) is 8.10. The fourth-order valence-electron chi connectivity index (χ4n) is 1.49. The van der Waals surface area contributed by atoms with E-state index in [1.807, 2.05) is 6.92 Å². The molecule has 0 bridgehead atoms. The third-order valence-electron chi connectivity index (χ3n) is 2.27. The summed E-state index contributed by atoms with van der Waals surface area (Å²) >= 11 is 1.66. The number of aryl methyl sites for hydroxylation is 1. The summed E-state index contributed by atoms with van der Waals surface area (Å²) in [7, 11) is 1.56. The van der Waals surface area contributed by atoms with Crippen LogP contribution in [0.25, 0.3) is 0 Å². The van der Waals surface area contributed by atoms with Crippen LogP contribution < -0.4 is 4.74 Å². The molecule has 0 aromatic carbocycles. The van der Waals surface area contributed by atoms with Crippen molar-refractivity contribution in [3.05, 3.63) is 11.9 Å². The molecule has 0 saturated heterocycles. The van der Waals surface area contributed by atoms with Crippen LogP contribution in [-0.2, 0) is 6.54 Å². The van der Waals surface area contributed by atoms with Gasteiger partial charge in [-0.05, 0) is 18.6 Å². The highest BCUT2D eigenvalue weighted by molar-refractivity contribution is 7.99. The van der Waals surface area contributed by atoms with Gasteiger partial charge in [0.1, 0.15) is 5.69 Å². The van der Waals surface area contributed by atoms with Gasteiger partial charge in [-0.25, -0.2) is 0 Å². The number of ketones is 1. The molecule has 1 aromatic rings. The van der Waals surface area contributed by atoms with Crippen molar-refractivity contribution in [3.8, 4) is 5.75 Å². The lowest BCUT2D eigenvalue weighted by Gasteiger charge is -2.07. The average Bonchev–Trinajstić information content (AvgIpc) is 2.70. The Morgan fingerprint density at radius 2 is 2.29 bits per heavy atom. The van der Waals surface area contributed by atoms with E-state index >= 15 is 0 Å². The quantitative estimate of drug-likeness (QED) is 0.703. The number of ether oxygens (including phenoxy) is 1. The monoisotopic (exact) mass is 256 g/mol. The molecule has 0 aliphatic carbocycles. The van der Waals surface area contributed by atoms with Crippen molar-refractivity contribution in [1.82, 2.24) is 9.78 Å². The van der Waals surface area contributed by atoms with Crippen molar-refractivity contribution in [2.24, 2.45) is 5.92 Å². The van der Waals surface area contributed by atoms with Gasteiger partial charge in [0.25, 0.3) is 0 Å². The van der Waals surface area contributed by atoms with Crippen LogP contribution in [0.5, 0.6) is 5.75 Å². The predicted octanol–water partition coefficient (Wildman–Crippen LogP) is 2.48. The van der Waals surface area contributed by atoms with E-state index < -0.39 is 0 Å². The van der Waals surface area contributed by atoms with Gasteiger partial charge in [-0.1, -0.05) is 13.8 Å². The van der Waals surface area contributed by atoms with Gasteiger partial charge in [0.2, 0.25) is 0 Å². The number of methoxy groups -OCH3 is 1. The maximum Gasteiger partial charge on any atom is 0.194 e. The number of carbonyl (C=O) groups is 1. The van der Waals surface area contributed by atoms with Gasteiger partial charge < -0.3 is 4.74 Å². The van der Waals surface area contributed by atoms with Crippen LogP contribution in [0.1, 0.15) is 31.3 Å². The number of aromatic nitrogens is 2. The van der Waals surface area contributed by atoms with E-state index in [1.165, 1.54) is 0 Å². The summed E-state index contributed by atoms with van der Waals surface area (Å²) in [6, 6.07) is 0. The minimum atomic E-state index is 0.0897. The van der Waals surface area contributed by atoms with E-state index in [0.717, 1.165) is 5.75 Å². The summed E-state index contributed by atoms with van der Waals surface area (Å²) in [6.45, 7) is 6.94. The van der Waals surface area contributed by atoms with Gasteiger partial charge in [0.15, 0.2) is 11.5 Å². The molecule has 0 radical (unpaired) electrons. The lowest BCUT2D eigenvalue weighted by atomic mass is 10.3. The maximum atomic E-state index is 12.1. The number of rotatable bonds is 7. The van der Waals surface area contributed by atoms with Crippen LogP contribution in [0, 0.1) is 5.92 Å². The second-order valence-electron chi connectivity index (χ2n) is 4.21. The molecule has 0 fully saturated rings. The summed E-state index contributed by atoms with van der Waals surface area (Å²) in [5.41, 5.74) is 0.589. The molecule has 0 atom stereocenters. The number of nitrogens with zero attached hydrogens (tertiary/aromatic N) is 2. The molecular weight excluding hydrogens is 236 g/mol. The molecule has 1 aromatic heterocycles. The fourth-order valence-corrected chi connectivity index (χ4v) is 2.41. The molecule has 0 amide bonds. The van der Waals surface area contributed by atoms with E-state index in [4.69, 9.17) is 4.74 Å². The predicted molar refractivity (Wildman–Crippen MR) is 70.9 cm³/mol. The Bertz CT molecular complexity index is 353. The molecule has 1 heterocycles. The van der Waals surface area contributed by atoms with Gasteiger partial charge in [-0.3, -0.25) is 9.48 Å². The zero-order valence-corrected chi connectivity index (χ0v) is 11.7. The lowest BCUT2D eigenvalue weighted by molar-refractivity contribution is 0.100. The minimum Gasteiger partial charge on any atom is -0.493 e. The highest BCUT2D eigenvalue weighted by Gasteiger charge is 2.18. The van der Waals surface area contributed by atoms with Crippen molar-refractivity contribution in [2.75, 3.05) is 18.6 Å². The molecule has 0 unspecified atom stereocenters. The smallest absolute Gasteiger partial charge is 0.194 e. The van der Waals surface area contributed by atoms with Gasteiger partial charge in [-0.15, -0.1) is 0 Å². The van der Waals surface area contributed by atoms with E-state index in [2.05, 4.69) is 18.9 Å². The number of thioether (sulfide) groups is 1. The Labute approximate surface area is 107 Å². The Morgan fingerprint density at radius 1 is 1.59 bits per heavy atom. The van der Waals surface area contributed by atoms with Crippen LogP contribution in [0.15, 0.2) is 6.20 Å². The van der Waals surface area contributed by atoms with Gasteiger partial charge in [-0.2, -0.15) is 16.9 Å². The molecule has 0 saturated carbocycles. The first-order valence-corrected chi connectivity index (χ1v) is 6.96. The highest BCUT2D eigenvalue weighted by Crippen LogP contribution is 2.20. The van der Waals surface area contributed by atoms with Crippen molar-refractivity contribution < 1.29 is 9.53 Å². The van der Waals surface area contributed by atoms with Crippen molar-refractivity contribution in [1.29, 1.82) is 0 Å². The number of Topliss-reactive ketones (excluding diaryl/α,β-unsaturated/α-hetero) is 1. The first kappa shape index (κ1) is 14.1. The SMILES string of the molecule is CCn1ncc(OC)c1C(=O)CSCC(C)C. The molecule has 96 valence electrons. The summed E-state index contributed by atoms with van der Waals surface area (Å²) in [4.78, 5) is 12.1. The van der Waals surface area contributed by atoms with E-state index in [-0.39, 0.29) is 5.78 Å². The molecular formula is C12H20N2O2S. The first-order valence-electron chi connectivity index (χ1n) is 5.80. The van der Waals surface area contributed by atoms with E-state index in [0.29, 0.717) is 29.7 Å². The van der Waals surface area contributed by atoms with E-state index in [1.54, 1.807) is 29.8 Å². The second-order valence-corrected chi connectivity index (χ2v) is 5.24. The zero-order chi connectivity index (χ0) is 12.8. The van der Waals surface area contributed by atoms with Crippen LogP contribution in [-0.4, -0.2) is 34.2 Å². The average molecular weight is 256 g/mol. The zero-order valence-electron chi connectivity index (χ0n) is 10.9. The maximum absolute atomic E-state index is 12.1. The Morgan fingerprint density at radius 3 is 2.82 bits per heavy atom. The molecule has 4 nitrogen and oxygen atoms in total. The summed E-state index contributed by atoms with van der Waals surface area (Å²) in [5, 5.41) is 4.13. The Kier molecular flexibility index (Phi) is 5.55. The van der Waals surface area contributed by atoms with Crippen LogP contribution in [0.4, 0.5) is 0 Å². The molecule has 0 aliphatic heterocycles. The molecule has 0 aliphatic rings. The van der Waals surface area contributed by atoms with Crippen LogP contribution in [0.2, 0.25) is 0 Å². The van der Waals surface area contributed by atoms with Crippen molar-refractivity contribution in [3.63, 3.8) is 0 Å². The van der Waals surface area contributed by atoms with E-state index in [9.17, 15) is 4.79 Å². The second kappa shape index (κ2) is 6.69. The lowest BCUT2D eigenvalue weighted by Crippen LogP contribution is -2.13. The Balaban J connectivity index is 2.70. The largest absolute Gasteiger partial charge is 0.493 e. The normalized spacial score (nSPS) is 10.9. The number of hydrogen-bond acceptors (Lipinski definition) is 4. The summed E-state index contributed by atoms with van der Waals surface area (Å²) in [6.07, 6.45) is 1.60. The molecule has 17 heavy (non-hydrogen) atoms. The van der Waals surface area contributed by atoms with Gasteiger partial charge in [0.05, 0.1) is 19.1 Å². The Hall–Kier alpha value is -0.970. The topological polar surface area (TPSA) is 44.1 Å². The highest BCUT2D eigenvalue weighted by atomic mass is 32.2. The third kappa shape index (κ3) is 3.77. The molecule has 1 rings (SSSR count). The minimum absolute atomic E-state index is 0.0897. The van der Waals surface area contributed by atoms with Gasteiger partial charge >= 0.3 is 0 Å². The molecule has 0 N–H and O–H groups in total. The van der Waals surface area contributed by atoms with Crippen LogP contribution >= 0.6 is 11.8 Å². The fraction of sp³-hybridized carbons (Fsp3) is 0.667. The molecule has 0 spiro atoms. The number of carbonyl (C=O) groups excluding carboxylic acids is 1.